The lowest BCUT2D eigenvalue weighted by molar-refractivity contribution is -0.122. The van der Waals surface area contributed by atoms with Gasteiger partial charge in [-0.15, -0.1) is 0 Å². The number of anilines is 1. The van der Waals surface area contributed by atoms with E-state index in [0.29, 0.717) is 36.4 Å². The van der Waals surface area contributed by atoms with Crippen LogP contribution in [-0.2, 0) is 16.1 Å². The van der Waals surface area contributed by atoms with Gasteiger partial charge in [0, 0.05) is 97.3 Å². The first kappa shape index (κ1) is 32.9. The summed E-state index contributed by atoms with van der Waals surface area (Å²) in [6.45, 7) is 22.4. The van der Waals surface area contributed by atoms with Crippen molar-refractivity contribution in [3.8, 4) is 0 Å². The molecule has 1 aromatic carbocycles. The molecular weight excluding hydrogens is 548 g/mol. The quantitative estimate of drug-likeness (QED) is 0.231. The van der Waals surface area contributed by atoms with Crippen molar-refractivity contribution in [3.05, 3.63) is 87.8 Å². The number of carbonyl (C=O) groups is 2. The Morgan fingerprint density at radius 3 is 2.36 bits per heavy atom. The molecule has 0 N–H and O–H groups in total. The number of hydrogen-bond donors (Lipinski definition) is 0. The maximum absolute atomic E-state index is 12.6. The molecule has 0 bridgehead atoms. The second kappa shape index (κ2) is 15.1. The molecule has 1 aliphatic carbocycles. The van der Waals surface area contributed by atoms with Crippen LogP contribution in [0, 0.1) is 11.8 Å². The minimum Gasteiger partial charge on any atom is -0.372 e. The lowest BCUT2D eigenvalue weighted by Crippen LogP contribution is -2.45. The number of aromatic nitrogens is 1. The Labute approximate surface area is 262 Å². The van der Waals surface area contributed by atoms with Crippen molar-refractivity contribution in [1.29, 1.82) is 0 Å². The minimum atomic E-state index is -0.0610. The van der Waals surface area contributed by atoms with Crippen molar-refractivity contribution >= 4 is 35.7 Å². The number of nitrogens with zero attached hydrogens (tertiary/aromatic N) is 4. The average Bonchev–Trinajstić information content (AvgIpc) is 3.03. The Bertz CT molecular complexity index is 1560. The molecule has 0 amide bonds. The molecule has 234 valence electrons. The number of piperazine rings is 1. The van der Waals surface area contributed by atoms with Gasteiger partial charge in [0.15, 0.2) is 5.78 Å². The number of aliphatic imine (C=N–C) groups is 1. The van der Waals surface area contributed by atoms with Crippen LogP contribution in [-0.4, -0.2) is 52.9 Å². The molecule has 1 aliphatic heterocycles. The predicted octanol–water partition coefficient (Wildman–Crippen LogP) is 4.83. The van der Waals surface area contributed by atoms with Gasteiger partial charge in [0.05, 0.1) is 0 Å². The summed E-state index contributed by atoms with van der Waals surface area (Å²) in [4.78, 5) is 45.5. The van der Waals surface area contributed by atoms with Gasteiger partial charge in [-0.2, -0.15) is 0 Å². The monoisotopic (exact) mass is 596 g/mol. The summed E-state index contributed by atoms with van der Waals surface area (Å²) >= 11 is 0. The molecule has 1 saturated carbocycles. The van der Waals surface area contributed by atoms with Crippen LogP contribution in [0.1, 0.15) is 70.8 Å². The molecular formula is C37H48N4O3. The van der Waals surface area contributed by atoms with E-state index in [1.807, 2.05) is 20.0 Å². The fraction of sp³-hybridized carbons (Fsp3) is 0.459. The number of pyridine rings is 1. The van der Waals surface area contributed by atoms with E-state index >= 15 is 0 Å². The van der Waals surface area contributed by atoms with Gasteiger partial charge in [-0.05, 0) is 68.4 Å². The van der Waals surface area contributed by atoms with Crippen molar-refractivity contribution in [2.45, 2.75) is 71.8 Å². The predicted molar refractivity (Wildman–Crippen MR) is 181 cm³/mol. The second-order valence-electron chi connectivity index (χ2n) is 12.3. The SMILES string of the molecule is C=CC(=O)C1CC(CCn2c(=O)cc/c(=C/N=C(\C)[C@@H](C)c3ccc(N4CCN(C(=C)CCC(=O)CC)CC4)cc3)c2=C)C1. The summed E-state index contributed by atoms with van der Waals surface area (Å²) in [6, 6.07) is 12.1. The van der Waals surface area contributed by atoms with Crippen LogP contribution in [0.5, 0.6) is 0 Å². The average molecular weight is 597 g/mol. The Kier molecular flexibility index (Phi) is 11.3. The van der Waals surface area contributed by atoms with E-state index in [-0.39, 0.29) is 23.2 Å². The molecule has 0 spiro atoms. The van der Waals surface area contributed by atoms with Gasteiger partial charge in [0.2, 0.25) is 0 Å². The molecule has 2 aliphatic rings. The Hall–Kier alpha value is -4.00. The molecule has 1 saturated heterocycles. The van der Waals surface area contributed by atoms with Crippen LogP contribution >= 0.6 is 0 Å². The van der Waals surface area contributed by atoms with Crippen LogP contribution in [0.3, 0.4) is 0 Å². The van der Waals surface area contributed by atoms with Crippen LogP contribution in [0.25, 0.3) is 12.8 Å². The van der Waals surface area contributed by atoms with Gasteiger partial charge in [0.1, 0.15) is 5.78 Å². The third kappa shape index (κ3) is 8.13. The van der Waals surface area contributed by atoms with E-state index in [2.05, 4.69) is 60.7 Å². The van der Waals surface area contributed by atoms with E-state index in [1.165, 1.54) is 17.3 Å². The first-order valence-electron chi connectivity index (χ1n) is 16.0. The summed E-state index contributed by atoms with van der Waals surface area (Å²) in [7, 11) is 0. The summed E-state index contributed by atoms with van der Waals surface area (Å²) in [5, 5.41) is 1.50. The topological polar surface area (TPSA) is 75.0 Å². The van der Waals surface area contributed by atoms with Crippen molar-refractivity contribution in [2.75, 3.05) is 31.1 Å². The van der Waals surface area contributed by atoms with Crippen molar-refractivity contribution in [1.82, 2.24) is 9.47 Å². The number of ketones is 2. The highest BCUT2D eigenvalue weighted by Crippen LogP contribution is 2.37. The number of Topliss-reactive ketones (excluding diaryl/α,β-unsaturated/α-hetero) is 1. The first-order chi connectivity index (χ1) is 21.1. The zero-order chi connectivity index (χ0) is 31.8. The molecule has 1 aromatic heterocycles. The minimum absolute atomic E-state index is 0.0610. The molecule has 7 heteroatoms. The van der Waals surface area contributed by atoms with Gasteiger partial charge < -0.3 is 14.4 Å². The highest BCUT2D eigenvalue weighted by atomic mass is 16.1. The molecule has 2 fully saturated rings. The van der Waals surface area contributed by atoms with Gasteiger partial charge in [0.25, 0.3) is 5.56 Å². The van der Waals surface area contributed by atoms with Crippen molar-refractivity contribution in [3.63, 3.8) is 0 Å². The van der Waals surface area contributed by atoms with Crippen LogP contribution in [0.4, 0.5) is 5.69 Å². The van der Waals surface area contributed by atoms with Crippen LogP contribution < -0.4 is 21.0 Å². The fourth-order valence-corrected chi connectivity index (χ4v) is 6.08. The van der Waals surface area contributed by atoms with Crippen LogP contribution in [0.2, 0.25) is 0 Å². The van der Waals surface area contributed by atoms with Gasteiger partial charge in [-0.3, -0.25) is 19.4 Å². The molecule has 44 heavy (non-hydrogen) atoms. The second-order valence-corrected chi connectivity index (χ2v) is 12.3. The zero-order valence-corrected chi connectivity index (χ0v) is 26.8. The lowest BCUT2D eigenvalue weighted by Gasteiger charge is -2.38. The Morgan fingerprint density at radius 1 is 1.05 bits per heavy atom. The number of allylic oxidation sites excluding steroid dienone is 2. The lowest BCUT2D eigenvalue weighted by atomic mass is 9.71. The molecule has 2 aromatic rings. The summed E-state index contributed by atoms with van der Waals surface area (Å²) in [5.41, 5.74) is 4.40. The zero-order valence-electron chi connectivity index (χ0n) is 26.8. The van der Waals surface area contributed by atoms with Crippen LogP contribution in [0.15, 0.2) is 71.1 Å². The van der Waals surface area contributed by atoms with Crippen molar-refractivity contribution < 1.29 is 9.59 Å². The van der Waals surface area contributed by atoms with Gasteiger partial charge in [-0.1, -0.05) is 45.7 Å². The van der Waals surface area contributed by atoms with E-state index in [0.717, 1.165) is 68.5 Å². The highest BCUT2D eigenvalue weighted by molar-refractivity contribution is 5.91. The van der Waals surface area contributed by atoms with E-state index < -0.39 is 0 Å². The normalized spacial score (nSPS) is 19.8. The Morgan fingerprint density at radius 2 is 1.73 bits per heavy atom. The number of carbonyl (C=O) groups excluding carboxylic acids is 2. The number of rotatable bonds is 14. The molecule has 1 atom stereocenters. The molecule has 7 nitrogen and oxygen atoms in total. The number of hydrogen-bond acceptors (Lipinski definition) is 6. The van der Waals surface area contributed by atoms with E-state index in [4.69, 9.17) is 4.99 Å². The maximum atomic E-state index is 12.6. The highest BCUT2D eigenvalue weighted by Gasteiger charge is 2.32. The standard InChI is InChI=1S/C37H48N4O3/c1-7-35(42)15-9-26(3)39-19-21-40(22-20-39)34-13-10-31(11-14-34)27(4)28(5)38-25-32-12-16-37(44)41(29(32)6)18-17-30-23-33(24-30)36(43)8-2/h8,10-14,16,25,27,30,33H,2-3,6-7,9,15,17-24H2,1,4-5H3/b32-25-,38-28+/t27-,30?,33?/m1/s1. The number of benzene rings is 1. The third-order valence-electron chi connectivity index (χ3n) is 9.54. The molecule has 0 radical (unpaired) electrons. The summed E-state index contributed by atoms with van der Waals surface area (Å²) in [6.07, 6.45) is 7.75. The molecule has 0 unspecified atom stereocenters. The first-order valence-corrected chi connectivity index (χ1v) is 16.0. The summed E-state index contributed by atoms with van der Waals surface area (Å²) in [5.74, 6) is 1.11. The van der Waals surface area contributed by atoms with Gasteiger partial charge in [-0.25, -0.2) is 0 Å². The summed E-state index contributed by atoms with van der Waals surface area (Å²) < 4.78 is 1.73. The van der Waals surface area contributed by atoms with E-state index in [9.17, 15) is 14.4 Å². The third-order valence-corrected chi connectivity index (χ3v) is 9.54. The van der Waals surface area contributed by atoms with E-state index in [1.54, 1.807) is 16.7 Å². The molecule has 4 rings (SSSR count). The fourth-order valence-electron chi connectivity index (χ4n) is 6.08. The largest absolute Gasteiger partial charge is 0.372 e. The Balaban J connectivity index is 1.33. The van der Waals surface area contributed by atoms with Crippen molar-refractivity contribution in [2.24, 2.45) is 16.8 Å². The molecule has 2 heterocycles. The maximum Gasteiger partial charge on any atom is 0.250 e. The smallest absolute Gasteiger partial charge is 0.250 e. The van der Waals surface area contributed by atoms with Gasteiger partial charge >= 0.3 is 0 Å².